The maximum atomic E-state index is 11.5. The number of aryl methyl sites for hydroxylation is 1. The number of hydrogen-bond donors (Lipinski definition) is 0. The fourth-order valence-electron chi connectivity index (χ4n) is 3.76. The molecule has 2 fully saturated rings. The van der Waals surface area contributed by atoms with Gasteiger partial charge in [-0.15, -0.1) is 0 Å². The fourth-order valence-corrected chi connectivity index (χ4v) is 3.76. The van der Waals surface area contributed by atoms with E-state index >= 15 is 0 Å². The Morgan fingerprint density at radius 3 is 2.56 bits per heavy atom. The predicted molar refractivity (Wildman–Crippen MR) is 98.8 cm³/mol. The lowest BCUT2D eigenvalue weighted by Gasteiger charge is -2.48. The summed E-state index contributed by atoms with van der Waals surface area (Å²) in [4.78, 5) is 23.4. The van der Waals surface area contributed by atoms with Crippen LogP contribution in [0.25, 0.3) is 0 Å². The van der Waals surface area contributed by atoms with E-state index in [2.05, 4.69) is 31.8 Å². The molecular formula is C19H25N5O. The minimum Gasteiger partial charge on any atom is -0.354 e. The quantitative estimate of drug-likeness (QED) is 0.824. The molecule has 0 saturated carbocycles. The van der Waals surface area contributed by atoms with Crippen molar-refractivity contribution in [2.75, 3.05) is 44.2 Å². The molecule has 4 heterocycles. The van der Waals surface area contributed by atoms with Crippen LogP contribution in [0.5, 0.6) is 0 Å². The van der Waals surface area contributed by atoms with Gasteiger partial charge >= 0.3 is 0 Å². The van der Waals surface area contributed by atoms with Gasteiger partial charge in [0.05, 0.1) is 0 Å². The average Bonchev–Trinajstić information content (AvgIpc) is 2.62. The number of piperazine rings is 1. The monoisotopic (exact) mass is 339 g/mol. The SMILES string of the molecule is Cn1cc(CN2CC(N3CCN(c4ccccn4)CC3)C2)ccc1=O. The molecule has 0 amide bonds. The van der Waals surface area contributed by atoms with E-state index in [9.17, 15) is 4.79 Å². The molecule has 0 aromatic carbocycles. The molecule has 2 aliphatic heterocycles. The van der Waals surface area contributed by atoms with Crippen LogP contribution < -0.4 is 10.5 Å². The van der Waals surface area contributed by atoms with E-state index in [0.29, 0.717) is 6.04 Å². The second-order valence-electron chi connectivity index (χ2n) is 7.05. The Kier molecular flexibility index (Phi) is 4.55. The van der Waals surface area contributed by atoms with Crippen molar-refractivity contribution in [2.24, 2.45) is 7.05 Å². The van der Waals surface area contributed by atoms with E-state index in [1.807, 2.05) is 31.6 Å². The number of likely N-dealkylation sites (tertiary alicyclic amines) is 1. The van der Waals surface area contributed by atoms with Crippen LogP contribution in [0.4, 0.5) is 5.82 Å². The highest BCUT2D eigenvalue weighted by molar-refractivity contribution is 5.38. The Balaban J connectivity index is 1.25. The largest absolute Gasteiger partial charge is 0.354 e. The van der Waals surface area contributed by atoms with Gasteiger partial charge in [-0.05, 0) is 17.7 Å². The predicted octanol–water partition coefficient (Wildman–Crippen LogP) is 0.787. The first-order valence-electron chi connectivity index (χ1n) is 8.97. The van der Waals surface area contributed by atoms with Crippen LogP contribution in [-0.2, 0) is 13.6 Å². The molecule has 2 aromatic rings. The lowest BCUT2D eigenvalue weighted by atomic mass is 10.0. The summed E-state index contributed by atoms with van der Waals surface area (Å²) < 4.78 is 1.66. The lowest BCUT2D eigenvalue weighted by molar-refractivity contribution is 0.0254. The van der Waals surface area contributed by atoms with Crippen LogP contribution in [0.3, 0.4) is 0 Å². The molecule has 2 aliphatic rings. The van der Waals surface area contributed by atoms with Gasteiger partial charge in [-0.1, -0.05) is 12.1 Å². The van der Waals surface area contributed by atoms with Crippen molar-refractivity contribution in [3.63, 3.8) is 0 Å². The molecule has 2 saturated heterocycles. The summed E-state index contributed by atoms with van der Waals surface area (Å²) in [5.41, 5.74) is 1.26. The smallest absolute Gasteiger partial charge is 0.250 e. The number of rotatable bonds is 4. The summed E-state index contributed by atoms with van der Waals surface area (Å²) in [6.07, 6.45) is 3.81. The topological polar surface area (TPSA) is 44.6 Å². The zero-order chi connectivity index (χ0) is 17.2. The minimum absolute atomic E-state index is 0.0519. The number of aromatic nitrogens is 2. The molecule has 2 aromatic heterocycles. The first-order valence-corrected chi connectivity index (χ1v) is 8.97. The molecule has 0 unspecified atom stereocenters. The summed E-state index contributed by atoms with van der Waals surface area (Å²) in [5, 5.41) is 0. The molecule has 0 radical (unpaired) electrons. The van der Waals surface area contributed by atoms with Gasteiger partial charge in [-0.3, -0.25) is 14.6 Å². The molecule has 0 spiro atoms. The maximum absolute atomic E-state index is 11.5. The molecule has 0 N–H and O–H groups in total. The first-order chi connectivity index (χ1) is 12.2. The Morgan fingerprint density at radius 1 is 1.08 bits per heavy atom. The molecule has 6 nitrogen and oxygen atoms in total. The van der Waals surface area contributed by atoms with Crippen molar-refractivity contribution in [3.8, 4) is 0 Å². The van der Waals surface area contributed by atoms with Crippen molar-refractivity contribution in [1.29, 1.82) is 0 Å². The van der Waals surface area contributed by atoms with Crippen LogP contribution in [0.1, 0.15) is 5.56 Å². The summed E-state index contributed by atoms with van der Waals surface area (Å²) in [6.45, 7) is 7.48. The van der Waals surface area contributed by atoms with E-state index in [1.165, 1.54) is 5.56 Å². The Bertz CT molecular complexity index is 761. The second-order valence-corrected chi connectivity index (χ2v) is 7.05. The van der Waals surface area contributed by atoms with Gasteiger partial charge in [0, 0.05) is 77.4 Å². The van der Waals surface area contributed by atoms with Gasteiger partial charge in [0.1, 0.15) is 5.82 Å². The van der Waals surface area contributed by atoms with Gasteiger partial charge in [-0.2, -0.15) is 0 Å². The first kappa shape index (κ1) is 16.3. The standard InChI is InChI=1S/C19H25N5O/c1-21-12-16(5-6-19(21)25)13-22-14-17(15-22)23-8-10-24(11-9-23)18-4-2-3-7-20-18/h2-7,12,17H,8-11,13-15H2,1H3. The number of anilines is 1. The Labute approximate surface area is 148 Å². The number of hydrogen-bond acceptors (Lipinski definition) is 5. The van der Waals surface area contributed by atoms with Crippen LogP contribution in [-0.4, -0.2) is 64.7 Å². The van der Waals surface area contributed by atoms with Crippen LogP contribution in [0.15, 0.2) is 47.5 Å². The number of pyridine rings is 2. The average molecular weight is 339 g/mol. The van der Waals surface area contributed by atoms with Gasteiger partial charge in [0.25, 0.3) is 0 Å². The summed E-state index contributed by atoms with van der Waals surface area (Å²) >= 11 is 0. The Morgan fingerprint density at radius 2 is 1.88 bits per heavy atom. The highest BCUT2D eigenvalue weighted by Gasteiger charge is 2.33. The minimum atomic E-state index is 0.0519. The third-order valence-corrected chi connectivity index (χ3v) is 5.30. The molecule has 25 heavy (non-hydrogen) atoms. The van der Waals surface area contributed by atoms with Gasteiger partial charge in [0.15, 0.2) is 0 Å². The van der Waals surface area contributed by atoms with Crippen molar-refractivity contribution >= 4 is 5.82 Å². The van der Waals surface area contributed by atoms with E-state index in [-0.39, 0.29) is 5.56 Å². The highest BCUT2D eigenvalue weighted by atomic mass is 16.1. The van der Waals surface area contributed by atoms with Crippen molar-refractivity contribution in [1.82, 2.24) is 19.4 Å². The third-order valence-electron chi connectivity index (χ3n) is 5.30. The third kappa shape index (κ3) is 3.60. The van der Waals surface area contributed by atoms with Crippen LogP contribution in [0.2, 0.25) is 0 Å². The van der Waals surface area contributed by atoms with E-state index in [1.54, 1.807) is 10.6 Å². The zero-order valence-corrected chi connectivity index (χ0v) is 14.7. The van der Waals surface area contributed by atoms with Crippen molar-refractivity contribution in [3.05, 3.63) is 58.6 Å². The van der Waals surface area contributed by atoms with Crippen LogP contribution in [0, 0.1) is 0 Å². The molecule has 4 rings (SSSR count). The van der Waals surface area contributed by atoms with E-state index in [0.717, 1.165) is 51.6 Å². The van der Waals surface area contributed by atoms with E-state index < -0.39 is 0 Å². The molecular weight excluding hydrogens is 314 g/mol. The molecule has 0 atom stereocenters. The molecule has 6 heteroatoms. The second kappa shape index (κ2) is 6.98. The van der Waals surface area contributed by atoms with E-state index in [4.69, 9.17) is 0 Å². The normalized spacial score (nSPS) is 19.8. The van der Waals surface area contributed by atoms with Crippen molar-refractivity contribution in [2.45, 2.75) is 12.6 Å². The van der Waals surface area contributed by atoms with Crippen LogP contribution >= 0.6 is 0 Å². The number of nitrogens with zero attached hydrogens (tertiary/aromatic N) is 5. The van der Waals surface area contributed by atoms with Gasteiger partial charge < -0.3 is 9.47 Å². The Hall–Kier alpha value is -2.18. The maximum Gasteiger partial charge on any atom is 0.250 e. The molecule has 0 bridgehead atoms. The molecule has 0 aliphatic carbocycles. The van der Waals surface area contributed by atoms with Crippen molar-refractivity contribution < 1.29 is 0 Å². The molecule has 132 valence electrons. The van der Waals surface area contributed by atoms with Gasteiger partial charge in [-0.25, -0.2) is 4.98 Å². The highest BCUT2D eigenvalue weighted by Crippen LogP contribution is 2.20. The van der Waals surface area contributed by atoms with Gasteiger partial charge in [0.2, 0.25) is 5.56 Å². The fraction of sp³-hybridized carbons (Fsp3) is 0.474. The summed E-state index contributed by atoms with van der Waals surface area (Å²) in [6, 6.07) is 10.4. The lowest BCUT2D eigenvalue weighted by Crippen LogP contribution is -2.62. The zero-order valence-electron chi connectivity index (χ0n) is 14.7. The summed E-state index contributed by atoms with van der Waals surface area (Å²) in [7, 11) is 1.81. The summed E-state index contributed by atoms with van der Waals surface area (Å²) in [5.74, 6) is 1.09.